The van der Waals surface area contributed by atoms with Gasteiger partial charge in [-0.1, -0.05) is 0 Å². The molecule has 2 aliphatic heterocycles. The molecule has 2 saturated heterocycles. The summed E-state index contributed by atoms with van der Waals surface area (Å²) in [7, 11) is 0. The zero-order valence-electron chi connectivity index (χ0n) is 12.8. The Balaban J connectivity index is 1.57. The van der Waals surface area contributed by atoms with Crippen LogP contribution in [0.5, 0.6) is 0 Å². The summed E-state index contributed by atoms with van der Waals surface area (Å²) in [5.74, 6) is -0.0122. The lowest BCUT2D eigenvalue weighted by molar-refractivity contribution is -0.147. The zero-order valence-corrected chi connectivity index (χ0v) is 12.8. The number of carbonyl (C=O) groups excluding carboxylic acids is 1. The number of rotatable bonds is 3. The molecule has 0 aromatic rings. The van der Waals surface area contributed by atoms with Crippen molar-refractivity contribution in [2.75, 3.05) is 39.3 Å². The van der Waals surface area contributed by atoms with E-state index >= 15 is 0 Å². The van der Waals surface area contributed by atoms with Gasteiger partial charge in [-0.2, -0.15) is 0 Å². The van der Waals surface area contributed by atoms with E-state index in [-0.39, 0.29) is 6.03 Å². The van der Waals surface area contributed by atoms with Crippen molar-refractivity contribution in [3.63, 3.8) is 0 Å². The highest BCUT2D eigenvalue weighted by Gasteiger charge is 2.47. The van der Waals surface area contributed by atoms with Crippen molar-refractivity contribution in [1.82, 2.24) is 14.7 Å². The number of urea groups is 1. The van der Waals surface area contributed by atoms with Gasteiger partial charge < -0.3 is 14.9 Å². The minimum Gasteiger partial charge on any atom is -0.480 e. The van der Waals surface area contributed by atoms with Crippen LogP contribution in [0.1, 0.15) is 32.6 Å². The maximum Gasteiger partial charge on any atom is 0.329 e. The van der Waals surface area contributed by atoms with Gasteiger partial charge in [0, 0.05) is 39.3 Å². The fraction of sp³-hybridized carbons (Fsp3) is 0.867. The minimum absolute atomic E-state index is 0.0940. The highest BCUT2D eigenvalue weighted by Crippen LogP contribution is 2.31. The van der Waals surface area contributed by atoms with Crippen molar-refractivity contribution >= 4 is 12.0 Å². The van der Waals surface area contributed by atoms with E-state index in [2.05, 4.69) is 4.90 Å². The lowest BCUT2D eigenvalue weighted by Crippen LogP contribution is -2.58. The van der Waals surface area contributed by atoms with E-state index < -0.39 is 11.5 Å². The quantitative estimate of drug-likeness (QED) is 0.846. The molecule has 1 N–H and O–H groups in total. The molecule has 2 amide bonds. The van der Waals surface area contributed by atoms with Crippen LogP contribution in [0.25, 0.3) is 0 Å². The number of nitrogens with zero attached hydrogens (tertiary/aromatic N) is 3. The Morgan fingerprint density at radius 3 is 2.38 bits per heavy atom. The highest BCUT2D eigenvalue weighted by atomic mass is 16.4. The normalized spacial score (nSPS) is 30.7. The minimum atomic E-state index is -1.03. The predicted octanol–water partition coefficient (Wildman–Crippen LogP) is 1.07. The number of carboxylic acids is 1. The van der Waals surface area contributed by atoms with Crippen LogP contribution in [0, 0.1) is 5.92 Å². The van der Waals surface area contributed by atoms with E-state index in [9.17, 15) is 14.7 Å². The molecule has 3 rings (SSSR count). The van der Waals surface area contributed by atoms with E-state index in [1.54, 1.807) is 11.8 Å². The number of carbonyl (C=O) groups is 2. The summed E-state index contributed by atoms with van der Waals surface area (Å²) in [4.78, 5) is 29.9. The van der Waals surface area contributed by atoms with Crippen molar-refractivity contribution in [2.24, 2.45) is 5.92 Å². The Hall–Kier alpha value is -1.30. The fourth-order valence-electron chi connectivity index (χ4n) is 3.45. The number of carboxylic acid groups (broad SMARTS) is 1. The van der Waals surface area contributed by atoms with Gasteiger partial charge in [0.1, 0.15) is 5.54 Å². The molecule has 0 bridgehead atoms. The molecular formula is C15H25N3O3. The third-order valence-electron chi connectivity index (χ3n) is 5.19. The number of amides is 2. The monoisotopic (exact) mass is 295 g/mol. The maximum absolute atomic E-state index is 12.6. The summed E-state index contributed by atoms with van der Waals surface area (Å²) in [5, 5.41) is 9.42. The van der Waals surface area contributed by atoms with Gasteiger partial charge in [-0.05, 0) is 38.5 Å². The lowest BCUT2D eigenvalue weighted by atomic mass is 10.00. The van der Waals surface area contributed by atoms with Crippen molar-refractivity contribution in [3.05, 3.63) is 0 Å². The molecule has 1 atom stereocenters. The van der Waals surface area contributed by atoms with E-state index in [1.165, 1.54) is 19.4 Å². The molecule has 6 heteroatoms. The summed E-state index contributed by atoms with van der Waals surface area (Å²) in [5.41, 5.74) is -1.03. The molecule has 6 nitrogen and oxygen atoms in total. The topological polar surface area (TPSA) is 64.1 Å². The van der Waals surface area contributed by atoms with Gasteiger partial charge in [0.15, 0.2) is 0 Å². The Kier molecular flexibility index (Phi) is 3.82. The Bertz CT molecular complexity index is 430. The number of aliphatic carboxylic acids is 1. The van der Waals surface area contributed by atoms with Gasteiger partial charge in [0.05, 0.1) is 0 Å². The van der Waals surface area contributed by atoms with E-state index in [0.29, 0.717) is 13.0 Å². The second-order valence-corrected chi connectivity index (χ2v) is 6.85. The van der Waals surface area contributed by atoms with E-state index in [1.807, 2.05) is 4.90 Å². The molecule has 2 heterocycles. The average molecular weight is 295 g/mol. The molecule has 118 valence electrons. The first-order valence-corrected chi connectivity index (χ1v) is 8.03. The molecule has 1 aliphatic carbocycles. The first-order valence-electron chi connectivity index (χ1n) is 8.03. The van der Waals surface area contributed by atoms with Crippen LogP contribution in [0.15, 0.2) is 0 Å². The SMILES string of the molecule is CC1(C(=O)O)CCCN1C(=O)N1CCN(CC2CC2)CC1. The van der Waals surface area contributed by atoms with Crippen molar-refractivity contribution in [1.29, 1.82) is 0 Å². The predicted molar refractivity (Wildman–Crippen MR) is 78.1 cm³/mol. The largest absolute Gasteiger partial charge is 0.480 e. The first kappa shape index (κ1) is 14.6. The lowest BCUT2D eigenvalue weighted by Gasteiger charge is -2.40. The molecule has 1 saturated carbocycles. The Morgan fingerprint density at radius 1 is 1.14 bits per heavy atom. The first-order chi connectivity index (χ1) is 10.0. The van der Waals surface area contributed by atoms with Crippen LogP contribution in [-0.4, -0.2) is 76.6 Å². The van der Waals surface area contributed by atoms with Crippen LogP contribution >= 0.6 is 0 Å². The number of hydrogen-bond acceptors (Lipinski definition) is 3. The Labute approximate surface area is 125 Å². The molecule has 0 aromatic carbocycles. The van der Waals surface area contributed by atoms with Crippen LogP contribution in [-0.2, 0) is 4.79 Å². The summed E-state index contributed by atoms with van der Waals surface area (Å²) in [6, 6.07) is -0.0940. The van der Waals surface area contributed by atoms with Crippen LogP contribution in [0.2, 0.25) is 0 Å². The van der Waals surface area contributed by atoms with Crippen LogP contribution in [0.3, 0.4) is 0 Å². The number of likely N-dealkylation sites (tertiary alicyclic amines) is 1. The number of hydrogen-bond donors (Lipinski definition) is 1. The molecular weight excluding hydrogens is 270 g/mol. The van der Waals surface area contributed by atoms with Gasteiger partial charge in [-0.25, -0.2) is 9.59 Å². The molecule has 3 aliphatic rings. The summed E-state index contributed by atoms with van der Waals surface area (Å²) >= 11 is 0. The van der Waals surface area contributed by atoms with Gasteiger partial charge in [0.25, 0.3) is 0 Å². The second-order valence-electron chi connectivity index (χ2n) is 6.85. The second kappa shape index (κ2) is 5.48. The molecule has 3 fully saturated rings. The van der Waals surface area contributed by atoms with Gasteiger partial charge >= 0.3 is 12.0 Å². The van der Waals surface area contributed by atoms with Crippen molar-refractivity contribution in [3.8, 4) is 0 Å². The Morgan fingerprint density at radius 2 is 1.81 bits per heavy atom. The molecule has 0 aromatic heterocycles. The highest BCUT2D eigenvalue weighted by molar-refractivity contribution is 5.86. The van der Waals surface area contributed by atoms with Crippen LogP contribution in [0.4, 0.5) is 4.79 Å². The smallest absolute Gasteiger partial charge is 0.329 e. The molecule has 0 spiro atoms. The molecule has 1 unspecified atom stereocenters. The third kappa shape index (κ3) is 2.86. The van der Waals surface area contributed by atoms with E-state index in [0.717, 1.165) is 38.5 Å². The maximum atomic E-state index is 12.6. The molecule has 21 heavy (non-hydrogen) atoms. The summed E-state index contributed by atoms with van der Waals surface area (Å²) < 4.78 is 0. The fourth-order valence-corrected chi connectivity index (χ4v) is 3.45. The average Bonchev–Trinajstić information content (AvgIpc) is 3.18. The number of piperazine rings is 1. The van der Waals surface area contributed by atoms with Gasteiger partial charge in [-0.3, -0.25) is 4.90 Å². The van der Waals surface area contributed by atoms with Gasteiger partial charge in [-0.15, -0.1) is 0 Å². The zero-order chi connectivity index (χ0) is 15.0. The van der Waals surface area contributed by atoms with Crippen LogP contribution < -0.4 is 0 Å². The van der Waals surface area contributed by atoms with Gasteiger partial charge in [0.2, 0.25) is 0 Å². The van der Waals surface area contributed by atoms with Crippen molar-refractivity contribution in [2.45, 2.75) is 38.1 Å². The summed E-state index contributed by atoms with van der Waals surface area (Å²) in [6.07, 6.45) is 4.03. The standard InChI is InChI=1S/C15H25N3O3/c1-15(13(19)20)5-2-6-18(15)14(21)17-9-7-16(8-10-17)11-12-3-4-12/h12H,2-11H2,1H3,(H,19,20). The molecule has 0 radical (unpaired) electrons. The third-order valence-corrected chi connectivity index (χ3v) is 5.19. The van der Waals surface area contributed by atoms with Crippen molar-refractivity contribution < 1.29 is 14.7 Å². The summed E-state index contributed by atoms with van der Waals surface area (Å²) in [6.45, 7) is 6.67. The van der Waals surface area contributed by atoms with E-state index in [4.69, 9.17) is 0 Å².